The molecule has 1 rings (SSSR count). The van der Waals surface area contributed by atoms with Crippen molar-refractivity contribution in [3.63, 3.8) is 0 Å². The van der Waals surface area contributed by atoms with E-state index in [9.17, 15) is 0 Å². The Hall–Kier alpha value is -0.770. The van der Waals surface area contributed by atoms with E-state index >= 15 is 0 Å². The number of hydrogen-bond acceptors (Lipinski definition) is 3. The van der Waals surface area contributed by atoms with Gasteiger partial charge in [-0.25, -0.2) is 0 Å². The van der Waals surface area contributed by atoms with Gasteiger partial charge in [-0.3, -0.25) is 0 Å². The predicted octanol–water partition coefficient (Wildman–Crippen LogP) is 1.53. The molecule has 0 fully saturated rings. The normalized spacial score (nSPS) is 10.3. The molecular weight excluding hydrogens is 212 g/mol. The number of nitrogens with one attached hydrogen (secondary N) is 2. The summed E-state index contributed by atoms with van der Waals surface area (Å²) in [5.41, 5.74) is 0. The van der Waals surface area contributed by atoms with Crippen LogP contribution in [0, 0.1) is 0 Å². The molecule has 2 N–H and O–H groups in total. The molecule has 0 amide bonds. The molecule has 0 bridgehead atoms. The lowest BCUT2D eigenvalue weighted by molar-refractivity contribution is 0.314. The molecule has 1 aromatic rings. The van der Waals surface area contributed by atoms with Gasteiger partial charge in [-0.2, -0.15) is 0 Å². The third-order valence-electron chi connectivity index (χ3n) is 1.91. The SMILES string of the molecule is CNCCNCCOc1ccc(Cl)cc1. The van der Waals surface area contributed by atoms with Gasteiger partial charge in [0.05, 0.1) is 0 Å². The third kappa shape index (κ3) is 5.62. The van der Waals surface area contributed by atoms with Crippen molar-refractivity contribution in [3.8, 4) is 5.75 Å². The maximum absolute atomic E-state index is 5.76. The van der Waals surface area contributed by atoms with Gasteiger partial charge >= 0.3 is 0 Å². The molecule has 0 atom stereocenters. The number of likely N-dealkylation sites (N-methyl/N-ethyl adjacent to an activating group) is 1. The fourth-order valence-corrected chi connectivity index (χ4v) is 1.24. The molecule has 0 unspecified atom stereocenters. The number of ether oxygens (including phenoxy) is 1. The molecule has 0 saturated heterocycles. The summed E-state index contributed by atoms with van der Waals surface area (Å²) in [6.45, 7) is 3.46. The molecule has 1 aromatic carbocycles. The van der Waals surface area contributed by atoms with Crippen molar-refractivity contribution in [2.24, 2.45) is 0 Å². The molecule has 0 aliphatic rings. The topological polar surface area (TPSA) is 33.3 Å². The summed E-state index contributed by atoms with van der Waals surface area (Å²) in [4.78, 5) is 0. The van der Waals surface area contributed by atoms with Gasteiger partial charge in [0.25, 0.3) is 0 Å². The van der Waals surface area contributed by atoms with E-state index < -0.39 is 0 Å². The highest BCUT2D eigenvalue weighted by atomic mass is 35.5. The predicted molar refractivity (Wildman–Crippen MR) is 63.7 cm³/mol. The fourth-order valence-electron chi connectivity index (χ4n) is 1.11. The summed E-state index contributed by atoms with van der Waals surface area (Å²) in [7, 11) is 1.94. The van der Waals surface area contributed by atoms with Crippen molar-refractivity contribution >= 4 is 11.6 Å². The van der Waals surface area contributed by atoms with Crippen molar-refractivity contribution in [2.75, 3.05) is 33.3 Å². The van der Waals surface area contributed by atoms with Crippen molar-refractivity contribution in [3.05, 3.63) is 29.3 Å². The minimum atomic E-state index is 0.672. The van der Waals surface area contributed by atoms with E-state index in [0.717, 1.165) is 30.4 Å². The molecule has 0 aliphatic carbocycles. The van der Waals surface area contributed by atoms with Gasteiger partial charge in [0.1, 0.15) is 12.4 Å². The van der Waals surface area contributed by atoms with Crippen LogP contribution in [0.1, 0.15) is 0 Å². The molecule has 0 aliphatic heterocycles. The second-order valence-corrected chi connectivity index (χ2v) is 3.59. The maximum Gasteiger partial charge on any atom is 0.119 e. The molecule has 0 spiro atoms. The highest BCUT2D eigenvalue weighted by Crippen LogP contribution is 2.14. The molecular formula is C11H17ClN2O. The summed E-state index contributed by atoms with van der Waals surface area (Å²) >= 11 is 5.76. The molecule has 0 radical (unpaired) electrons. The van der Waals surface area contributed by atoms with Crippen molar-refractivity contribution in [1.82, 2.24) is 10.6 Å². The quantitative estimate of drug-likeness (QED) is 0.695. The smallest absolute Gasteiger partial charge is 0.119 e. The lowest BCUT2D eigenvalue weighted by atomic mass is 10.3. The standard InChI is InChI=1S/C11H17ClN2O/c1-13-6-7-14-8-9-15-11-4-2-10(12)3-5-11/h2-5,13-14H,6-9H2,1H3. The zero-order chi connectivity index (χ0) is 10.9. The summed E-state index contributed by atoms with van der Waals surface area (Å²) in [6, 6.07) is 7.39. The van der Waals surface area contributed by atoms with Crippen LogP contribution in [0.15, 0.2) is 24.3 Å². The van der Waals surface area contributed by atoms with Crippen molar-refractivity contribution in [2.45, 2.75) is 0 Å². The summed E-state index contributed by atoms with van der Waals surface area (Å²) in [5.74, 6) is 0.856. The van der Waals surface area contributed by atoms with Gasteiger partial charge < -0.3 is 15.4 Å². The van der Waals surface area contributed by atoms with Crippen LogP contribution < -0.4 is 15.4 Å². The van der Waals surface area contributed by atoms with E-state index in [1.54, 1.807) is 0 Å². The Balaban J connectivity index is 2.07. The van der Waals surface area contributed by atoms with Crippen LogP contribution in [0.3, 0.4) is 0 Å². The van der Waals surface area contributed by atoms with Gasteiger partial charge in [-0.1, -0.05) is 11.6 Å². The van der Waals surface area contributed by atoms with Crippen LogP contribution in [-0.2, 0) is 0 Å². The number of benzene rings is 1. The van der Waals surface area contributed by atoms with Gasteiger partial charge in [-0.05, 0) is 31.3 Å². The van der Waals surface area contributed by atoms with Gasteiger partial charge in [0, 0.05) is 24.7 Å². The average Bonchev–Trinajstić information content (AvgIpc) is 2.26. The molecule has 4 heteroatoms. The van der Waals surface area contributed by atoms with E-state index in [-0.39, 0.29) is 0 Å². The van der Waals surface area contributed by atoms with Crippen LogP contribution in [0.5, 0.6) is 5.75 Å². The first-order valence-corrected chi connectivity index (χ1v) is 5.44. The minimum absolute atomic E-state index is 0.672. The molecule has 84 valence electrons. The van der Waals surface area contributed by atoms with Crippen LogP contribution in [0.2, 0.25) is 5.02 Å². The fraction of sp³-hybridized carbons (Fsp3) is 0.455. The zero-order valence-electron chi connectivity index (χ0n) is 8.92. The number of halogens is 1. The monoisotopic (exact) mass is 228 g/mol. The highest BCUT2D eigenvalue weighted by Gasteiger charge is 1.93. The zero-order valence-corrected chi connectivity index (χ0v) is 9.68. The summed E-state index contributed by atoms with van der Waals surface area (Å²) in [5, 5.41) is 7.05. The Kier molecular flexibility index (Phi) is 6.16. The minimum Gasteiger partial charge on any atom is -0.492 e. The third-order valence-corrected chi connectivity index (χ3v) is 2.16. The van der Waals surface area contributed by atoms with Crippen LogP contribution in [0.4, 0.5) is 0 Å². The first kappa shape index (κ1) is 12.3. The van der Waals surface area contributed by atoms with Gasteiger partial charge in [0.15, 0.2) is 0 Å². The first-order chi connectivity index (χ1) is 7.33. The van der Waals surface area contributed by atoms with E-state index in [1.165, 1.54) is 0 Å². The van der Waals surface area contributed by atoms with E-state index in [2.05, 4.69) is 10.6 Å². The highest BCUT2D eigenvalue weighted by molar-refractivity contribution is 6.30. The molecule has 0 saturated carbocycles. The second-order valence-electron chi connectivity index (χ2n) is 3.16. The summed E-state index contributed by atoms with van der Waals surface area (Å²) < 4.78 is 5.50. The van der Waals surface area contributed by atoms with Crippen molar-refractivity contribution < 1.29 is 4.74 Å². The Bertz CT molecular complexity index is 264. The largest absolute Gasteiger partial charge is 0.492 e. The van der Waals surface area contributed by atoms with Crippen molar-refractivity contribution in [1.29, 1.82) is 0 Å². The average molecular weight is 229 g/mol. The second kappa shape index (κ2) is 7.51. The lowest BCUT2D eigenvalue weighted by Gasteiger charge is -2.07. The maximum atomic E-state index is 5.76. The Labute approximate surface area is 95.8 Å². The molecule has 0 aromatic heterocycles. The van der Waals surface area contributed by atoms with Crippen LogP contribution >= 0.6 is 11.6 Å². The first-order valence-electron chi connectivity index (χ1n) is 5.06. The van der Waals surface area contributed by atoms with Crippen LogP contribution in [-0.4, -0.2) is 33.3 Å². The molecule has 15 heavy (non-hydrogen) atoms. The molecule has 0 heterocycles. The van der Waals surface area contributed by atoms with E-state index in [4.69, 9.17) is 16.3 Å². The van der Waals surface area contributed by atoms with Crippen LogP contribution in [0.25, 0.3) is 0 Å². The summed E-state index contributed by atoms with van der Waals surface area (Å²) in [6.07, 6.45) is 0. The van der Waals surface area contributed by atoms with E-state index in [0.29, 0.717) is 6.61 Å². The Morgan fingerprint density at radius 1 is 1.13 bits per heavy atom. The van der Waals surface area contributed by atoms with E-state index in [1.807, 2.05) is 31.3 Å². The number of rotatable bonds is 7. The molecule has 3 nitrogen and oxygen atoms in total. The Morgan fingerprint density at radius 3 is 2.53 bits per heavy atom. The Morgan fingerprint density at radius 2 is 1.87 bits per heavy atom. The number of hydrogen-bond donors (Lipinski definition) is 2. The van der Waals surface area contributed by atoms with Gasteiger partial charge in [0.2, 0.25) is 0 Å². The lowest BCUT2D eigenvalue weighted by Crippen LogP contribution is -2.28. The van der Waals surface area contributed by atoms with Gasteiger partial charge in [-0.15, -0.1) is 0 Å².